The van der Waals surface area contributed by atoms with Crippen LogP contribution >= 0.6 is 23.2 Å². The molecule has 0 aliphatic rings. The lowest BCUT2D eigenvalue weighted by atomic mass is 10.00. The van der Waals surface area contributed by atoms with E-state index in [2.05, 4.69) is 10.5 Å². The average molecular weight is 518 g/mol. The Morgan fingerprint density at radius 2 is 1.56 bits per heavy atom. The first-order valence-electron chi connectivity index (χ1n) is 10.4. The second-order valence-electron chi connectivity index (χ2n) is 7.97. The standard InChI is InChI=1S/C25H25Cl2N3O3S/c1-16-5-9-24(10-6-16)34(32,33)30(23-12-21(26)11-22(27)13-23)15-25(31)29-28-14-20-8-7-17(2)18(3)19(20)4/h5-14H,15H2,1-4H3,(H,29,31)/b28-14+. The van der Waals surface area contributed by atoms with Crippen molar-refractivity contribution in [2.45, 2.75) is 32.6 Å². The summed E-state index contributed by atoms with van der Waals surface area (Å²) in [4.78, 5) is 12.8. The number of benzene rings is 3. The minimum absolute atomic E-state index is 0.0382. The minimum Gasteiger partial charge on any atom is -0.271 e. The zero-order valence-corrected chi connectivity index (χ0v) is 21.6. The maximum Gasteiger partial charge on any atom is 0.264 e. The van der Waals surface area contributed by atoms with Gasteiger partial charge in [-0.25, -0.2) is 13.8 Å². The van der Waals surface area contributed by atoms with Crippen molar-refractivity contribution in [2.75, 3.05) is 10.8 Å². The van der Waals surface area contributed by atoms with Crippen LogP contribution in [0.15, 0.2) is 64.6 Å². The zero-order valence-electron chi connectivity index (χ0n) is 19.3. The number of carbonyl (C=O) groups is 1. The van der Waals surface area contributed by atoms with Gasteiger partial charge < -0.3 is 0 Å². The minimum atomic E-state index is -4.09. The van der Waals surface area contributed by atoms with Gasteiger partial charge >= 0.3 is 0 Å². The maximum absolute atomic E-state index is 13.4. The van der Waals surface area contributed by atoms with Crippen LogP contribution < -0.4 is 9.73 Å². The van der Waals surface area contributed by atoms with Crippen molar-refractivity contribution >= 4 is 51.0 Å². The van der Waals surface area contributed by atoms with Gasteiger partial charge in [0.25, 0.3) is 15.9 Å². The molecular formula is C25H25Cl2N3O3S. The number of nitrogens with zero attached hydrogens (tertiary/aromatic N) is 2. The van der Waals surface area contributed by atoms with Gasteiger partial charge in [0, 0.05) is 10.0 Å². The summed E-state index contributed by atoms with van der Waals surface area (Å²) in [6.07, 6.45) is 1.54. The van der Waals surface area contributed by atoms with E-state index in [0.717, 1.165) is 32.1 Å². The van der Waals surface area contributed by atoms with Crippen molar-refractivity contribution in [3.63, 3.8) is 0 Å². The molecule has 3 aromatic rings. The Hall–Kier alpha value is -2.87. The predicted octanol–water partition coefficient (Wildman–Crippen LogP) is 5.57. The van der Waals surface area contributed by atoms with E-state index < -0.39 is 22.5 Å². The zero-order chi connectivity index (χ0) is 25.0. The van der Waals surface area contributed by atoms with Crippen LogP contribution in [0.2, 0.25) is 10.0 Å². The highest BCUT2D eigenvalue weighted by Gasteiger charge is 2.27. The number of hydrogen-bond donors (Lipinski definition) is 1. The molecule has 0 unspecified atom stereocenters. The molecule has 3 rings (SSSR count). The van der Waals surface area contributed by atoms with Crippen LogP contribution in [0.5, 0.6) is 0 Å². The van der Waals surface area contributed by atoms with Crippen LogP contribution in [0.4, 0.5) is 5.69 Å². The lowest BCUT2D eigenvalue weighted by Gasteiger charge is -2.24. The fourth-order valence-corrected chi connectivity index (χ4v) is 5.21. The summed E-state index contributed by atoms with van der Waals surface area (Å²) >= 11 is 12.2. The molecule has 1 N–H and O–H groups in total. The first kappa shape index (κ1) is 25.7. The smallest absolute Gasteiger partial charge is 0.264 e. The van der Waals surface area contributed by atoms with Crippen molar-refractivity contribution in [1.82, 2.24) is 5.43 Å². The third-order valence-electron chi connectivity index (χ3n) is 5.52. The summed E-state index contributed by atoms with van der Waals surface area (Å²) in [5.74, 6) is -0.621. The number of carbonyl (C=O) groups excluding carboxylic acids is 1. The van der Waals surface area contributed by atoms with E-state index in [9.17, 15) is 13.2 Å². The SMILES string of the molecule is Cc1ccc(S(=O)(=O)N(CC(=O)N/N=C/c2ccc(C)c(C)c2C)c2cc(Cl)cc(Cl)c2)cc1. The fraction of sp³-hybridized carbons (Fsp3) is 0.200. The topological polar surface area (TPSA) is 78.8 Å². The Kier molecular flexibility index (Phi) is 8.02. The molecule has 0 aliphatic heterocycles. The number of nitrogens with one attached hydrogen (secondary N) is 1. The second-order valence-corrected chi connectivity index (χ2v) is 10.7. The first-order valence-corrected chi connectivity index (χ1v) is 12.6. The van der Waals surface area contributed by atoms with Gasteiger partial charge in [-0.3, -0.25) is 9.10 Å². The third-order valence-corrected chi connectivity index (χ3v) is 7.75. The molecular weight excluding hydrogens is 493 g/mol. The predicted molar refractivity (Wildman–Crippen MR) is 139 cm³/mol. The Morgan fingerprint density at radius 3 is 2.18 bits per heavy atom. The summed E-state index contributed by atoms with van der Waals surface area (Å²) in [5.41, 5.74) is 7.70. The molecule has 0 saturated carbocycles. The van der Waals surface area contributed by atoms with Gasteiger partial charge in [-0.05, 0) is 80.3 Å². The third kappa shape index (κ3) is 5.97. The molecule has 0 atom stereocenters. The first-order chi connectivity index (χ1) is 16.0. The molecule has 0 spiro atoms. The molecule has 9 heteroatoms. The van der Waals surface area contributed by atoms with E-state index in [0.29, 0.717) is 0 Å². The van der Waals surface area contributed by atoms with Crippen molar-refractivity contribution in [1.29, 1.82) is 0 Å². The number of halogens is 2. The number of hydrazone groups is 1. The molecule has 1 amide bonds. The molecule has 178 valence electrons. The molecule has 3 aromatic carbocycles. The highest BCUT2D eigenvalue weighted by molar-refractivity contribution is 7.92. The van der Waals surface area contributed by atoms with Gasteiger partial charge in [-0.1, -0.05) is 53.0 Å². The largest absolute Gasteiger partial charge is 0.271 e. The normalized spacial score (nSPS) is 11.6. The van der Waals surface area contributed by atoms with E-state index in [-0.39, 0.29) is 20.6 Å². The maximum atomic E-state index is 13.4. The quantitative estimate of drug-likeness (QED) is 0.328. The number of aryl methyl sites for hydroxylation is 2. The molecule has 0 bridgehead atoms. The van der Waals surface area contributed by atoms with Crippen LogP contribution in [-0.2, 0) is 14.8 Å². The number of sulfonamides is 1. The van der Waals surface area contributed by atoms with Crippen molar-refractivity contribution in [3.8, 4) is 0 Å². The van der Waals surface area contributed by atoms with E-state index in [1.54, 1.807) is 12.1 Å². The van der Waals surface area contributed by atoms with E-state index in [4.69, 9.17) is 23.2 Å². The number of anilines is 1. The lowest BCUT2D eigenvalue weighted by molar-refractivity contribution is -0.119. The van der Waals surface area contributed by atoms with Crippen LogP contribution in [0.1, 0.15) is 27.8 Å². The Balaban J connectivity index is 1.89. The molecule has 0 aromatic heterocycles. The molecule has 0 heterocycles. The summed E-state index contributed by atoms with van der Waals surface area (Å²) in [6, 6.07) is 14.6. The van der Waals surface area contributed by atoms with Crippen molar-refractivity contribution in [2.24, 2.45) is 5.10 Å². The highest BCUT2D eigenvalue weighted by Crippen LogP contribution is 2.29. The Bertz CT molecular complexity index is 1330. The lowest BCUT2D eigenvalue weighted by Crippen LogP contribution is -2.39. The van der Waals surface area contributed by atoms with Crippen LogP contribution in [0, 0.1) is 27.7 Å². The van der Waals surface area contributed by atoms with Gasteiger partial charge in [-0.2, -0.15) is 5.10 Å². The average Bonchev–Trinajstić information content (AvgIpc) is 2.77. The number of amides is 1. The van der Waals surface area contributed by atoms with Gasteiger partial charge in [0.05, 0.1) is 16.8 Å². The summed E-state index contributed by atoms with van der Waals surface area (Å²) in [5, 5.41) is 4.51. The van der Waals surface area contributed by atoms with Crippen LogP contribution in [-0.4, -0.2) is 27.1 Å². The van der Waals surface area contributed by atoms with Crippen molar-refractivity contribution in [3.05, 3.63) is 92.5 Å². The molecule has 0 aliphatic carbocycles. The monoisotopic (exact) mass is 517 g/mol. The summed E-state index contributed by atoms with van der Waals surface area (Å²) in [7, 11) is -4.09. The van der Waals surface area contributed by atoms with Gasteiger partial charge in [0.1, 0.15) is 6.54 Å². The Morgan fingerprint density at radius 1 is 0.941 bits per heavy atom. The van der Waals surface area contributed by atoms with E-state index in [1.807, 2.05) is 39.8 Å². The Labute approximate surface area is 210 Å². The molecule has 6 nitrogen and oxygen atoms in total. The molecule has 0 radical (unpaired) electrons. The summed E-state index contributed by atoms with van der Waals surface area (Å²) < 4.78 is 27.8. The van der Waals surface area contributed by atoms with Gasteiger partial charge in [-0.15, -0.1) is 0 Å². The highest BCUT2D eigenvalue weighted by atomic mass is 35.5. The number of hydrogen-bond acceptors (Lipinski definition) is 4. The van der Waals surface area contributed by atoms with Crippen LogP contribution in [0.3, 0.4) is 0 Å². The second kappa shape index (κ2) is 10.6. The van der Waals surface area contributed by atoms with E-state index >= 15 is 0 Å². The molecule has 0 saturated heterocycles. The number of rotatable bonds is 7. The van der Waals surface area contributed by atoms with Crippen molar-refractivity contribution < 1.29 is 13.2 Å². The van der Waals surface area contributed by atoms with Crippen LogP contribution in [0.25, 0.3) is 0 Å². The molecule has 34 heavy (non-hydrogen) atoms. The summed E-state index contributed by atoms with van der Waals surface area (Å²) in [6.45, 7) is 7.36. The van der Waals surface area contributed by atoms with E-state index in [1.165, 1.54) is 36.5 Å². The molecule has 0 fully saturated rings. The van der Waals surface area contributed by atoms with Gasteiger partial charge in [0.15, 0.2) is 0 Å². The fourth-order valence-electron chi connectivity index (χ4n) is 3.29. The van der Waals surface area contributed by atoms with Gasteiger partial charge in [0.2, 0.25) is 0 Å².